The monoisotopic (exact) mass is 610 g/mol. The van der Waals surface area contributed by atoms with Crippen LogP contribution in [-0.2, 0) is 0 Å². The lowest BCUT2D eigenvalue weighted by Crippen LogP contribution is -1.95. The van der Waals surface area contributed by atoms with Gasteiger partial charge in [-0.05, 0) is 87.6 Å². The molecule has 0 aliphatic rings. The molecule has 48 heavy (non-hydrogen) atoms. The molecule has 10 rings (SSSR count). The molecule has 8 aromatic carbocycles. The quantitative estimate of drug-likeness (QED) is 0.188. The first kappa shape index (κ1) is 26.8. The fraction of sp³-hybridized carbons (Fsp3) is 0. The smallest absolute Gasteiger partial charge is 0.0548 e. The van der Waals surface area contributed by atoms with Crippen LogP contribution in [0.25, 0.3) is 88.0 Å². The van der Waals surface area contributed by atoms with Crippen molar-refractivity contribution in [3.05, 3.63) is 182 Å². The van der Waals surface area contributed by atoms with Crippen LogP contribution in [0, 0.1) is 0 Å². The number of hydrogen-bond donors (Lipinski definition) is 0. The second-order valence-electron chi connectivity index (χ2n) is 12.6. The van der Waals surface area contributed by atoms with Crippen LogP contribution in [0.4, 0.5) is 0 Å². The van der Waals surface area contributed by atoms with Gasteiger partial charge in [-0.1, -0.05) is 127 Å². The van der Waals surface area contributed by atoms with Crippen molar-refractivity contribution in [2.75, 3.05) is 0 Å². The van der Waals surface area contributed by atoms with E-state index in [2.05, 4.69) is 191 Å². The lowest BCUT2D eigenvalue weighted by molar-refractivity contribution is 1.17. The van der Waals surface area contributed by atoms with E-state index in [0.29, 0.717) is 0 Å². The van der Waals surface area contributed by atoms with Crippen molar-refractivity contribution in [1.82, 2.24) is 9.13 Å². The first-order valence-electron chi connectivity index (χ1n) is 16.5. The number of aromatic nitrogens is 2. The first-order chi connectivity index (χ1) is 23.8. The molecule has 2 nitrogen and oxygen atoms in total. The molecule has 224 valence electrons. The molecular formula is C46H30N2. The average molecular weight is 611 g/mol. The zero-order valence-corrected chi connectivity index (χ0v) is 26.2. The predicted molar refractivity (Wildman–Crippen MR) is 203 cm³/mol. The molecule has 0 radical (unpaired) electrons. The summed E-state index contributed by atoms with van der Waals surface area (Å²) >= 11 is 0. The van der Waals surface area contributed by atoms with Gasteiger partial charge in [-0.3, -0.25) is 0 Å². The molecule has 2 heteroatoms. The number of para-hydroxylation sites is 2. The van der Waals surface area contributed by atoms with Gasteiger partial charge in [0, 0.05) is 32.9 Å². The highest BCUT2D eigenvalue weighted by Crippen LogP contribution is 2.42. The van der Waals surface area contributed by atoms with Crippen LogP contribution in [-0.4, -0.2) is 9.13 Å². The predicted octanol–water partition coefficient (Wildman–Crippen LogP) is 12.4. The molecule has 0 amide bonds. The van der Waals surface area contributed by atoms with Crippen LogP contribution in [0.2, 0.25) is 0 Å². The van der Waals surface area contributed by atoms with Gasteiger partial charge < -0.3 is 9.13 Å². The maximum atomic E-state index is 2.43. The Morgan fingerprint density at radius 3 is 1.50 bits per heavy atom. The van der Waals surface area contributed by atoms with Crippen LogP contribution in [0.3, 0.4) is 0 Å². The molecule has 2 heterocycles. The van der Waals surface area contributed by atoms with Crippen molar-refractivity contribution in [2.24, 2.45) is 0 Å². The number of fused-ring (bicyclic) bond motifs is 8. The summed E-state index contributed by atoms with van der Waals surface area (Å²) in [5.74, 6) is 0. The highest BCUT2D eigenvalue weighted by atomic mass is 15.0. The summed E-state index contributed by atoms with van der Waals surface area (Å²) in [5, 5.41) is 7.62. The summed E-state index contributed by atoms with van der Waals surface area (Å²) in [5.41, 5.74) is 12.0. The molecule has 0 unspecified atom stereocenters. The highest BCUT2D eigenvalue weighted by molar-refractivity contribution is 6.28. The summed E-state index contributed by atoms with van der Waals surface area (Å²) in [4.78, 5) is 0. The van der Waals surface area contributed by atoms with E-state index in [-0.39, 0.29) is 0 Å². The molecule has 2 aromatic heterocycles. The molecule has 0 saturated heterocycles. The second kappa shape index (κ2) is 10.6. The molecule has 0 spiro atoms. The average Bonchev–Trinajstić information content (AvgIpc) is 3.68. The van der Waals surface area contributed by atoms with E-state index >= 15 is 0 Å². The van der Waals surface area contributed by atoms with Gasteiger partial charge in [0.05, 0.1) is 22.1 Å². The summed E-state index contributed by atoms with van der Waals surface area (Å²) in [7, 11) is 0. The molecule has 0 N–H and O–H groups in total. The molecule has 0 fully saturated rings. The van der Waals surface area contributed by atoms with Crippen molar-refractivity contribution < 1.29 is 0 Å². The van der Waals surface area contributed by atoms with Gasteiger partial charge in [0.1, 0.15) is 0 Å². The maximum Gasteiger partial charge on any atom is 0.0548 e. The first-order valence-corrected chi connectivity index (χ1v) is 16.5. The van der Waals surface area contributed by atoms with Gasteiger partial charge in [-0.15, -0.1) is 0 Å². The second-order valence-corrected chi connectivity index (χ2v) is 12.6. The minimum atomic E-state index is 1.16. The van der Waals surface area contributed by atoms with Gasteiger partial charge in [0.2, 0.25) is 0 Å². The van der Waals surface area contributed by atoms with Crippen molar-refractivity contribution in [2.45, 2.75) is 0 Å². The van der Waals surface area contributed by atoms with E-state index in [1.54, 1.807) is 0 Å². The normalized spacial score (nSPS) is 11.8. The van der Waals surface area contributed by atoms with Crippen LogP contribution in [0.15, 0.2) is 182 Å². The van der Waals surface area contributed by atoms with Crippen molar-refractivity contribution >= 4 is 54.4 Å². The van der Waals surface area contributed by atoms with E-state index < -0.39 is 0 Å². The zero-order chi connectivity index (χ0) is 31.6. The lowest BCUT2D eigenvalue weighted by atomic mass is 10.0. The summed E-state index contributed by atoms with van der Waals surface area (Å²) in [6, 6.07) is 66.1. The molecule has 0 bridgehead atoms. The fourth-order valence-corrected chi connectivity index (χ4v) is 7.70. The Bertz CT molecular complexity index is 2820. The van der Waals surface area contributed by atoms with E-state index in [9.17, 15) is 0 Å². The van der Waals surface area contributed by atoms with Crippen molar-refractivity contribution in [3.63, 3.8) is 0 Å². The Kier molecular flexibility index (Phi) is 5.91. The lowest BCUT2D eigenvalue weighted by Gasteiger charge is -2.11. The van der Waals surface area contributed by atoms with Crippen molar-refractivity contribution in [3.8, 4) is 33.6 Å². The van der Waals surface area contributed by atoms with Gasteiger partial charge in [0.15, 0.2) is 0 Å². The van der Waals surface area contributed by atoms with Gasteiger partial charge in [-0.25, -0.2) is 0 Å². The van der Waals surface area contributed by atoms with Gasteiger partial charge >= 0.3 is 0 Å². The SMILES string of the molecule is c1ccc(-c2cccc(-n3c4ccccc4c4c5c6ccccc6n(-c6ccc(-c7ccc8ccccc8c7)cc6)c5ccc43)c2)cc1. The Morgan fingerprint density at radius 2 is 0.792 bits per heavy atom. The Hall–Kier alpha value is -6.38. The Balaban J connectivity index is 1.19. The number of hydrogen-bond acceptors (Lipinski definition) is 0. The molecule has 0 aliphatic carbocycles. The van der Waals surface area contributed by atoms with E-state index in [0.717, 1.165) is 11.4 Å². The summed E-state index contributed by atoms with van der Waals surface area (Å²) < 4.78 is 4.86. The van der Waals surface area contributed by atoms with E-state index in [1.807, 2.05) is 0 Å². The molecule has 0 saturated carbocycles. The zero-order valence-electron chi connectivity index (χ0n) is 26.2. The van der Waals surface area contributed by atoms with Gasteiger partial charge in [-0.2, -0.15) is 0 Å². The molecule has 0 atom stereocenters. The third-order valence-electron chi connectivity index (χ3n) is 9.89. The van der Waals surface area contributed by atoms with Crippen LogP contribution >= 0.6 is 0 Å². The topological polar surface area (TPSA) is 9.86 Å². The van der Waals surface area contributed by atoms with Crippen LogP contribution in [0.1, 0.15) is 0 Å². The number of nitrogens with zero attached hydrogens (tertiary/aromatic N) is 2. The van der Waals surface area contributed by atoms with E-state index in [1.165, 1.54) is 76.6 Å². The summed E-state index contributed by atoms with van der Waals surface area (Å²) in [6.45, 7) is 0. The van der Waals surface area contributed by atoms with E-state index in [4.69, 9.17) is 0 Å². The van der Waals surface area contributed by atoms with Crippen LogP contribution in [0.5, 0.6) is 0 Å². The Labute approximate surface area is 278 Å². The fourth-order valence-electron chi connectivity index (χ4n) is 7.70. The van der Waals surface area contributed by atoms with Gasteiger partial charge in [0.25, 0.3) is 0 Å². The standard InChI is InChI=1S/C46H30N2/c1-2-11-31(12-3-1)35-15-10-16-38(30-35)48-42-20-9-7-18-40(42)46-44(48)28-27-43-45(46)39-17-6-8-19-41(39)47(43)37-25-23-33(24-26-37)36-22-21-32-13-4-5-14-34(32)29-36/h1-30H. The molecule has 10 aromatic rings. The third-order valence-corrected chi connectivity index (χ3v) is 9.89. The third kappa shape index (κ3) is 4.06. The number of benzene rings is 8. The minimum Gasteiger partial charge on any atom is -0.309 e. The molecular weight excluding hydrogens is 581 g/mol. The summed E-state index contributed by atoms with van der Waals surface area (Å²) in [6.07, 6.45) is 0. The Morgan fingerprint density at radius 1 is 0.271 bits per heavy atom. The maximum absolute atomic E-state index is 2.43. The van der Waals surface area contributed by atoms with Crippen LogP contribution < -0.4 is 0 Å². The largest absolute Gasteiger partial charge is 0.309 e. The minimum absolute atomic E-state index is 1.16. The molecule has 0 aliphatic heterocycles. The highest BCUT2D eigenvalue weighted by Gasteiger charge is 2.20. The number of rotatable bonds is 4. The van der Waals surface area contributed by atoms with Crippen molar-refractivity contribution in [1.29, 1.82) is 0 Å².